The zero-order valence-electron chi connectivity index (χ0n) is 9.13. The topological polar surface area (TPSA) is 3.24 Å². The molecule has 0 bridgehead atoms. The minimum Gasteiger partial charge on any atom is -0.298 e. The highest BCUT2D eigenvalue weighted by molar-refractivity contribution is 4.88. The van der Waals surface area contributed by atoms with Gasteiger partial charge in [-0.15, -0.1) is 0 Å². The first kappa shape index (κ1) is 9.51. The summed E-state index contributed by atoms with van der Waals surface area (Å²) in [5.41, 5.74) is 0. The monoisotopic (exact) mass is 181 g/mol. The highest BCUT2D eigenvalue weighted by Gasteiger charge is 2.33. The third-order valence-corrected chi connectivity index (χ3v) is 3.95. The molecule has 1 aliphatic heterocycles. The number of fused-ring (bicyclic) bond motifs is 1. The molecule has 76 valence electrons. The van der Waals surface area contributed by atoms with Gasteiger partial charge in [-0.05, 0) is 52.0 Å². The molecule has 2 aliphatic rings. The third-order valence-electron chi connectivity index (χ3n) is 3.95. The van der Waals surface area contributed by atoms with Crippen LogP contribution in [0.25, 0.3) is 0 Å². The van der Waals surface area contributed by atoms with Gasteiger partial charge in [0.1, 0.15) is 0 Å². The maximum atomic E-state index is 2.76. The van der Waals surface area contributed by atoms with Crippen molar-refractivity contribution in [3.63, 3.8) is 0 Å². The Morgan fingerprint density at radius 1 is 1.00 bits per heavy atom. The fraction of sp³-hybridized carbons (Fsp3) is 1.00. The zero-order valence-corrected chi connectivity index (χ0v) is 9.13. The molecule has 13 heavy (non-hydrogen) atoms. The van der Waals surface area contributed by atoms with Crippen molar-refractivity contribution in [2.75, 3.05) is 6.54 Å². The molecule has 1 heteroatoms. The van der Waals surface area contributed by atoms with Gasteiger partial charge in [-0.2, -0.15) is 0 Å². The van der Waals surface area contributed by atoms with Gasteiger partial charge in [0.15, 0.2) is 0 Å². The van der Waals surface area contributed by atoms with Crippen molar-refractivity contribution in [1.82, 2.24) is 4.90 Å². The van der Waals surface area contributed by atoms with E-state index in [1.54, 1.807) is 0 Å². The Hall–Kier alpha value is -0.0400. The lowest BCUT2D eigenvalue weighted by Gasteiger charge is -2.46. The number of piperidine rings is 1. The maximum absolute atomic E-state index is 2.76. The molecule has 0 aromatic carbocycles. The molecule has 0 spiro atoms. The van der Waals surface area contributed by atoms with Crippen LogP contribution in [0.15, 0.2) is 0 Å². The van der Waals surface area contributed by atoms with E-state index in [2.05, 4.69) is 18.7 Å². The molecule has 1 heterocycles. The largest absolute Gasteiger partial charge is 0.298 e. The highest BCUT2D eigenvalue weighted by atomic mass is 15.2. The Kier molecular flexibility index (Phi) is 2.92. The van der Waals surface area contributed by atoms with E-state index in [0.29, 0.717) is 0 Å². The van der Waals surface area contributed by atoms with Crippen LogP contribution in [-0.2, 0) is 0 Å². The van der Waals surface area contributed by atoms with Crippen molar-refractivity contribution in [3.05, 3.63) is 0 Å². The average Bonchev–Trinajstić information content (AvgIpc) is 2.17. The van der Waals surface area contributed by atoms with E-state index >= 15 is 0 Å². The molecular formula is C12H23N. The molecule has 2 fully saturated rings. The van der Waals surface area contributed by atoms with E-state index in [-0.39, 0.29) is 0 Å². The average molecular weight is 181 g/mol. The molecule has 1 nitrogen and oxygen atoms in total. The summed E-state index contributed by atoms with van der Waals surface area (Å²) in [6.45, 7) is 6.08. The molecule has 0 N–H and O–H groups in total. The molecule has 1 aliphatic carbocycles. The van der Waals surface area contributed by atoms with Crippen LogP contribution in [0.3, 0.4) is 0 Å². The van der Waals surface area contributed by atoms with Gasteiger partial charge < -0.3 is 0 Å². The smallest absolute Gasteiger partial charge is 0.0126 e. The fourth-order valence-electron chi connectivity index (χ4n) is 3.30. The second-order valence-electron chi connectivity index (χ2n) is 5.09. The van der Waals surface area contributed by atoms with E-state index < -0.39 is 0 Å². The highest BCUT2D eigenvalue weighted by Crippen LogP contribution is 2.35. The molecule has 1 saturated heterocycles. The first-order valence-corrected chi connectivity index (χ1v) is 6.05. The van der Waals surface area contributed by atoms with Crippen LogP contribution in [0.1, 0.15) is 52.4 Å². The van der Waals surface area contributed by atoms with Gasteiger partial charge in [0, 0.05) is 12.1 Å². The van der Waals surface area contributed by atoms with E-state index in [9.17, 15) is 0 Å². The SMILES string of the molecule is CC(C)N1CCC[C@H]2CCCC[C@@H]21. The standard InChI is InChI=1S/C12H23N/c1-10(2)13-9-5-7-11-6-3-4-8-12(11)13/h10-12H,3-9H2,1-2H3/t11-,12+/m1/s1. The molecular weight excluding hydrogens is 158 g/mol. The molecule has 0 amide bonds. The Morgan fingerprint density at radius 2 is 1.69 bits per heavy atom. The summed E-state index contributed by atoms with van der Waals surface area (Å²) < 4.78 is 0. The van der Waals surface area contributed by atoms with E-state index in [1.165, 1.54) is 45.1 Å². The lowest BCUT2D eigenvalue weighted by atomic mass is 9.78. The molecule has 0 unspecified atom stereocenters. The normalized spacial score (nSPS) is 36.2. The quantitative estimate of drug-likeness (QED) is 0.601. The van der Waals surface area contributed by atoms with Gasteiger partial charge in [-0.3, -0.25) is 4.90 Å². The summed E-state index contributed by atoms with van der Waals surface area (Å²) in [5.74, 6) is 1.05. The van der Waals surface area contributed by atoms with Crippen LogP contribution in [0.2, 0.25) is 0 Å². The summed E-state index contributed by atoms with van der Waals surface area (Å²) >= 11 is 0. The van der Waals surface area contributed by atoms with Crippen molar-refractivity contribution in [2.24, 2.45) is 5.92 Å². The zero-order chi connectivity index (χ0) is 9.26. The van der Waals surface area contributed by atoms with Crippen LogP contribution in [-0.4, -0.2) is 23.5 Å². The van der Waals surface area contributed by atoms with Crippen molar-refractivity contribution < 1.29 is 0 Å². The molecule has 0 radical (unpaired) electrons. The second-order valence-corrected chi connectivity index (χ2v) is 5.09. The van der Waals surface area contributed by atoms with Gasteiger partial charge in [-0.1, -0.05) is 12.8 Å². The fourth-order valence-corrected chi connectivity index (χ4v) is 3.30. The summed E-state index contributed by atoms with van der Waals surface area (Å²) in [6, 6.07) is 1.72. The Labute approximate surface area is 82.5 Å². The number of nitrogens with zero attached hydrogens (tertiary/aromatic N) is 1. The first-order valence-electron chi connectivity index (χ1n) is 6.05. The van der Waals surface area contributed by atoms with Crippen molar-refractivity contribution in [3.8, 4) is 0 Å². The lowest BCUT2D eigenvalue weighted by molar-refractivity contribution is 0.0371. The Bertz CT molecular complexity index is 163. The van der Waals surface area contributed by atoms with E-state index in [0.717, 1.165) is 18.0 Å². The van der Waals surface area contributed by atoms with Gasteiger partial charge in [-0.25, -0.2) is 0 Å². The molecule has 0 aromatic heterocycles. The second kappa shape index (κ2) is 4.00. The molecule has 1 saturated carbocycles. The summed E-state index contributed by atoms with van der Waals surface area (Å²) in [7, 11) is 0. The summed E-state index contributed by atoms with van der Waals surface area (Å²) in [5, 5.41) is 0. The number of rotatable bonds is 1. The Morgan fingerprint density at radius 3 is 2.46 bits per heavy atom. The van der Waals surface area contributed by atoms with Crippen LogP contribution in [0, 0.1) is 5.92 Å². The van der Waals surface area contributed by atoms with Crippen LogP contribution >= 0.6 is 0 Å². The first-order chi connectivity index (χ1) is 6.29. The molecule has 0 aromatic rings. The Balaban J connectivity index is 2.02. The van der Waals surface area contributed by atoms with Gasteiger partial charge in [0.05, 0.1) is 0 Å². The third kappa shape index (κ3) is 1.90. The summed E-state index contributed by atoms with van der Waals surface area (Å²) in [6.07, 6.45) is 8.90. The van der Waals surface area contributed by atoms with Crippen LogP contribution in [0.5, 0.6) is 0 Å². The maximum Gasteiger partial charge on any atom is 0.0126 e. The van der Waals surface area contributed by atoms with Gasteiger partial charge in [0.2, 0.25) is 0 Å². The predicted molar refractivity (Wildman–Crippen MR) is 56.8 cm³/mol. The predicted octanol–water partition coefficient (Wildman–Crippen LogP) is 3.05. The van der Waals surface area contributed by atoms with E-state index in [1.807, 2.05) is 0 Å². The van der Waals surface area contributed by atoms with Crippen LogP contribution < -0.4 is 0 Å². The van der Waals surface area contributed by atoms with Gasteiger partial charge >= 0.3 is 0 Å². The van der Waals surface area contributed by atoms with E-state index in [4.69, 9.17) is 0 Å². The summed E-state index contributed by atoms with van der Waals surface area (Å²) in [4.78, 5) is 2.76. The van der Waals surface area contributed by atoms with Crippen LogP contribution in [0.4, 0.5) is 0 Å². The number of likely N-dealkylation sites (tertiary alicyclic amines) is 1. The molecule has 2 atom stereocenters. The van der Waals surface area contributed by atoms with Crippen molar-refractivity contribution in [2.45, 2.75) is 64.5 Å². The van der Waals surface area contributed by atoms with Crippen molar-refractivity contribution in [1.29, 1.82) is 0 Å². The minimum atomic E-state index is 0.769. The van der Waals surface area contributed by atoms with Gasteiger partial charge in [0.25, 0.3) is 0 Å². The molecule has 2 rings (SSSR count). The number of hydrogen-bond acceptors (Lipinski definition) is 1. The number of hydrogen-bond donors (Lipinski definition) is 0. The minimum absolute atomic E-state index is 0.769. The van der Waals surface area contributed by atoms with Crippen molar-refractivity contribution >= 4 is 0 Å². The lowest BCUT2D eigenvalue weighted by Crippen LogP contribution is -2.49.